The molecule has 0 saturated carbocycles. The van der Waals surface area contributed by atoms with Crippen LogP contribution in [0.4, 0.5) is 0 Å². The summed E-state index contributed by atoms with van der Waals surface area (Å²) in [4.78, 5) is 16.1. The molecule has 0 saturated heterocycles. The van der Waals surface area contributed by atoms with Crippen LogP contribution >= 0.6 is 0 Å². The SMILES string of the molecule is c1ccc(-c2ccc3c4ccccc4n(-c4nc(-c5cccc(-c6ccc(-c7ccccc7-c7ccccc7)cc6)c5)nc(-n5c6ccccc6c6ccccc65)n4)c3c2)cc1. The molecule has 0 N–H and O–H groups in total. The largest absolute Gasteiger partial charge is 0.278 e. The lowest BCUT2D eigenvalue weighted by molar-refractivity contribution is 0.893. The van der Waals surface area contributed by atoms with E-state index >= 15 is 0 Å². The second kappa shape index (κ2) is 14.7. The molecule has 0 fully saturated rings. The molecule has 5 heteroatoms. The first kappa shape index (κ1) is 35.5. The van der Waals surface area contributed by atoms with Crippen molar-refractivity contribution in [3.8, 4) is 67.8 Å². The molecule has 62 heavy (non-hydrogen) atoms. The summed E-state index contributed by atoms with van der Waals surface area (Å²) in [5.74, 6) is 1.70. The van der Waals surface area contributed by atoms with Crippen molar-refractivity contribution in [2.24, 2.45) is 0 Å². The normalized spacial score (nSPS) is 11.5. The maximum absolute atomic E-state index is 5.40. The average Bonchev–Trinajstić information content (AvgIpc) is 3.87. The van der Waals surface area contributed by atoms with Gasteiger partial charge in [-0.05, 0) is 74.8 Å². The maximum Gasteiger partial charge on any atom is 0.240 e. The maximum atomic E-state index is 5.40. The van der Waals surface area contributed by atoms with Crippen LogP contribution in [0.25, 0.3) is 111 Å². The van der Waals surface area contributed by atoms with E-state index in [9.17, 15) is 0 Å². The summed E-state index contributed by atoms with van der Waals surface area (Å²) in [6, 6.07) is 79.3. The van der Waals surface area contributed by atoms with Crippen molar-refractivity contribution in [1.29, 1.82) is 0 Å². The Morgan fingerprint density at radius 2 is 0.629 bits per heavy atom. The monoisotopic (exact) mass is 791 g/mol. The minimum atomic E-state index is 0.551. The summed E-state index contributed by atoms with van der Waals surface area (Å²) in [5, 5.41) is 4.57. The van der Waals surface area contributed by atoms with Gasteiger partial charge in [0.15, 0.2) is 5.82 Å². The molecule has 0 spiro atoms. The Labute approximate surface area is 358 Å². The van der Waals surface area contributed by atoms with Crippen LogP contribution in [0.15, 0.2) is 224 Å². The van der Waals surface area contributed by atoms with Crippen molar-refractivity contribution in [3.05, 3.63) is 224 Å². The van der Waals surface area contributed by atoms with Gasteiger partial charge >= 0.3 is 0 Å². The van der Waals surface area contributed by atoms with E-state index in [1.807, 2.05) is 0 Å². The minimum Gasteiger partial charge on any atom is -0.278 e. The third-order valence-electron chi connectivity index (χ3n) is 12.0. The fraction of sp³-hybridized carbons (Fsp3) is 0. The van der Waals surface area contributed by atoms with Crippen LogP contribution in [0.3, 0.4) is 0 Å². The molecule has 0 bridgehead atoms. The molecule has 3 aromatic heterocycles. The van der Waals surface area contributed by atoms with Gasteiger partial charge in [-0.1, -0.05) is 194 Å². The van der Waals surface area contributed by atoms with Gasteiger partial charge in [0.25, 0.3) is 0 Å². The van der Waals surface area contributed by atoms with E-state index in [1.54, 1.807) is 0 Å². The van der Waals surface area contributed by atoms with Gasteiger partial charge in [-0.15, -0.1) is 0 Å². The zero-order valence-corrected chi connectivity index (χ0v) is 33.6. The molecule has 12 aromatic rings. The lowest BCUT2D eigenvalue weighted by atomic mass is 9.93. The molecule has 12 rings (SSSR count). The summed E-state index contributed by atoms with van der Waals surface area (Å²) in [6.45, 7) is 0. The standard InChI is InChI=1S/C57H37N5/c1-3-16-38(17-4-1)43-34-35-50-49-26-11-14-29-53(49)62(54(50)37-43)57-59-55(58-56(60-57)61-51-27-12-9-24-47(51)48-25-10-13-28-52(48)61)44-21-15-20-42(36-44)39-30-32-41(33-31-39)46-23-8-7-22-45(46)40-18-5-2-6-19-40/h1-37H. The summed E-state index contributed by atoms with van der Waals surface area (Å²) < 4.78 is 4.38. The van der Waals surface area contributed by atoms with E-state index in [2.05, 4.69) is 234 Å². The predicted molar refractivity (Wildman–Crippen MR) is 256 cm³/mol. The van der Waals surface area contributed by atoms with Gasteiger partial charge in [0.1, 0.15) is 0 Å². The highest BCUT2D eigenvalue weighted by molar-refractivity contribution is 6.11. The van der Waals surface area contributed by atoms with E-state index in [1.165, 1.54) is 22.3 Å². The first-order chi connectivity index (χ1) is 30.7. The predicted octanol–water partition coefficient (Wildman–Crippen LogP) is 14.4. The highest BCUT2D eigenvalue weighted by Gasteiger charge is 2.21. The molecule has 0 unspecified atom stereocenters. The van der Waals surface area contributed by atoms with E-state index in [4.69, 9.17) is 15.0 Å². The fourth-order valence-electron chi connectivity index (χ4n) is 9.10. The van der Waals surface area contributed by atoms with Crippen LogP contribution in [0.5, 0.6) is 0 Å². The van der Waals surface area contributed by atoms with Gasteiger partial charge in [0.05, 0.1) is 22.1 Å². The first-order valence-corrected chi connectivity index (χ1v) is 20.9. The van der Waals surface area contributed by atoms with Gasteiger partial charge in [-0.2, -0.15) is 15.0 Å². The second-order valence-corrected chi connectivity index (χ2v) is 15.6. The number of hydrogen-bond donors (Lipinski definition) is 0. The van der Waals surface area contributed by atoms with Crippen LogP contribution in [-0.4, -0.2) is 24.1 Å². The molecule has 3 heterocycles. The van der Waals surface area contributed by atoms with Crippen LogP contribution < -0.4 is 0 Å². The van der Waals surface area contributed by atoms with Crippen molar-refractivity contribution >= 4 is 43.6 Å². The van der Waals surface area contributed by atoms with Gasteiger partial charge in [-0.3, -0.25) is 9.13 Å². The molecule has 290 valence electrons. The smallest absolute Gasteiger partial charge is 0.240 e. The molecule has 0 radical (unpaired) electrons. The topological polar surface area (TPSA) is 48.5 Å². The van der Waals surface area contributed by atoms with Crippen molar-refractivity contribution in [2.45, 2.75) is 0 Å². The Balaban J connectivity index is 1.05. The average molecular weight is 792 g/mol. The number of nitrogens with zero attached hydrogens (tertiary/aromatic N) is 5. The molecule has 9 aromatic carbocycles. The quantitative estimate of drug-likeness (QED) is 0.162. The Kier molecular flexibility index (Phi) is 8.42. The van der Waals surface area contributed by atoms with E-state index in [-0.39, 0.29) is 0 Å². The summed E-state index contributed by atoms with van der Waals surface area (Å²) in [5.41, 5.74) is 14.3. The van der Waals surface area contributed by atoms with Gasteiger partial charge in [0.2, 0.25) is 11.9 Å². The summed E-state index contributed by atoms with van der Waals surface area (Å²) in [6.07, 6.45) is 0. The molecule has 0 amide bonds. The number of fused-ring (bicyclic) bond motifs is 6. The molecule has 0 aliphatic carbocycles. The molecule has 0 aliphatic heterocycles. The Hall–Kier alpha value is -8.41. The zero-order chi connectivity index (χ0) is 41.0. The minimum absolute atomic E-state index is 0.551. The lowest BCUT2D eigenvalue weighted by Gasteiger charge is -2.14. The van der Waals surface area contributed by atoms with Crippen molar-refractivity contribution in [2.75, 3.05) is 0 Å². The van der Waals surface area contributed by atoms with Gasteiger partial charge in [-0.25, -0.2) is 0 Å². The highest BCUT2D eigenvalue weighted by Crippen LogP contribution is 2.38. The van der Waals surface area contributed by atoms with Crippen LogP contribution in [0, 0.1) is 0 Å². The van der Waals surface area contributed by atoms with E-state index < -0.39 is 0 Å². The highest BCUT2D eigenvalue weighted by atomic mass is 15.3. The third-order valence-corrected chi connectivity index (χ3v) is 12.0. The van der Waals surface area contributed by atoms with Crippen LogP contribution in [-0.2, 0) is 0 Å². The number of rotatable bonds is 7. The third kappa shape index (κ3) is 5.98. The molecule has 0 atom stereocenters. The van der Waals surface area contributed by atoms with Gasteiger partial charge < -0.3 is 0 Å². The molecule has 0 aliphatic rings. The van der Waals surface area contributed by atoms with Crippen LogP contribution in [0.1, 0.15) is 0 Å². The summed E-state index contributed by atoms with van der Waals surface area (Å²) in [7, 11) is 0. The number of hydrogen-bond acceptors (Lipinski definition) is 3. The zero-order valence-electron chi connectivity index (χ0n) is 33.6. The van der Waals surface area contributed by atoms with Gasteiger partial charge in [0, 0.05) is 27.1 Å². The van der Waals surface area contributed by atoms with Crippen molar-refractivity contribution < 1.29 is 0 Å². The van der Waals surface area contributed by atoms with E-state index in [0.717, 1.165) is 71.4 Å². The van der Waals surface area contributed by atoms with E-state index in [0.29, 0.717) is 17.7 Å². The second-order valence-electron chi connectivity index (χ2n) is 15.6. The van der Waals surface area contributed by atoms with Crippen LogP contribution in [0.2, 0.25) is 0 Å². The Morgan fingerprint density at radius 1 is 0.242 bits per heavy atom. The molecular formula is C57H37N5. The number of aromatic nitrogens is 5. The number of para-hydroxylation sites is 3. The fourth-order valence-corrected chi connectivity index (χ4v) is 9.10. The van der Waals surface area contributed by atoms with Crippen molar-refractivity contribution in [1.82, 2.24) is 24.1 Å². The first-order valence-electron chi connectivity index (χ1n) is 20.9. The Morgan fingerprint density at radius 3 is 1.23 bits per heavy atom. The van der Waals surface area contributed by atoms with Crippen molar-refractivity contribution in [3.63, 3.8) is 0 Å². The summed E-state index contributed by atoms with van der Waals surface area (Å²) >= 11 is 0. The number of benzene rings is 9. The lowest BCUT2D eigenvalue weighted by Crippen LogP contribution is -2.10. The molecule has 5 nitrogen and oxygen atoms in total. The molecular weight excluding hydrogens is 755 g/mol. The Bertz CT molecular complexity index is 3570.